The first kappa shape index (κ1) is 21.7. The lowest BCUT2D eigenvalue weighted by molar-refractivity contribution is 0.206. The van der Waals surface area contributed by atoms with Crippen molar-refractivity contribution in [2.24, 2.45) is 0 Å². The summed E-state index contributed by atoms with van der Waals surface area (Å²) in [6.07, 6.45) is 5.14. The van der Waals surface area contributed by atoms with Crippen molar-refractivity contribution in [3.05, 3.63) is 93.7 Å². The average Bonchev–Trinajstić information content (AvgIpc) is 3.20. The van der Waals surface area contributed by atoms with E-state index >= 15 is 0 Å². The summed E-state index contributed by atoms with van der Waals surface area (Å²) < 4.78 is 15.1. The fourth-order valence-electron chi connectivity index (χ4n) is 4.24. The SMILES string of the molecule is C=C/C(F)=C(\C=C)CCN1CCC[C@H](c2nn(-c3cccc4ccc(=O)[nH]c34)c(=O)[nH]2)C1. The van der Waals surface area contributed by atoms with Gasteiger partial charge in [-0.15, -0.1) is 5.10 Å². The molecule has 0 unspecified atom stereocenters. The van der Waals surface area contributed by atoms with Gasteiger partial charge >= 0.3 is 5.69 Å². The summed E-state index contributed by atoms with van der Waals surface area (Å²) in [5, 5.41) is 5.39. The molecule has 0 amide bonds. The van der Waals surface area contributed by atoms with Gasteiger partial charge in [0.2, 0.25) is 5.56 Å². The molecule has 4 rings (SSSR count). The van der Waals surface area contributed by atoms with Gasteiger partial charge in [-0.05, 0) is 49.6 Å². The van der Waals surface area contributed by atoms with Gasteiger partial charge in [0.25, 0.3) is 0 Å². The van der Waals surface area contributed by atoms with Gasteiger partial charge in [-0.3, -0.25) is 9.78 Å². The number of likely N-dealkylation sites (tertiary alicyclic amines) is 1. The van der Waals surface area contributed by atoms with Crippen molar-refractivity contribution < 1.29 is 4.39 Å². The zero-order chi connectivity index (χ0) is 22.7. The van der Waals surface area contributed by atoms with E-state index in [2.05, 4.69) is 33.1 Å². The Balaban J connectivity index is 1.56. The number of rotatable bonds is 7. The Labute approximate surface area is 184 Å². The molecule has 1 aromatic carbocycles. The predicted octanol–water partition coefficient (Wildman–Crippen LogP) is 3.57. The molecule has 3 heterocycles. The maximum atomic E-state index is 13.8. The van der Waals surface area contributed by atoms with Gasteiger partial charge in [0.15, 0.2) is 0 Å². The number of piperidine rings is 1. The van der Waals surface area contributed by atoms with Crippen molar-refractivity contribution >= 4 is 10.9 Å². The summed E-state index contributed by atoms with van der Waals surface area (Å²) >= 11 is 0. The fourth-order valence-corrected chi connectivity index (χ4v) is 4.24. The van der Waals surface area contributed by atoms with Gasteiger partial charge in [-0.25, -0.2) is 9.18 Å². The fraction of sp³-hybridized carbons (Fsp3) is 0.292. The highest BCUT2D eigenvalue weighted by molar-refractivity contribution is 5.85. The lowest BCUT2D eigenvalue weighted by Gasteiger charge is -2.31. The zero-order valence-corrected chi connectivity index (χ0v) is 17.8. The highest BCUT2D eigenvalue weighted by Gasteiger charge is 2.25. The molecule has 166 valence electrons. The Hall–Kier alpha value is -3.52. The maximum Gasteiger partial charge on any atom is 0.348 e. The van der Waals surface area contributed by atoms with E-state index < -0.39 is 0 Å². The molecule has 0 bridgehead atoms. The maximum absolute atomic E-state index is 13.8. The lowest BCUT2D eigenvalue weighted by Crippen LogP contribution is -2.35. The highest BCUT2D eigenvalue weighted by atomic mass is 19.1. The first-order valence-corrected chi connectivity index (χ1v) is 10.7. The van der Waals surface area contributed by atoms with Crippen molar-refractivity contribution in [2.75, 3.05) is 19.6 Å². The topological polar surface area (TPSA) is 86.8 Å². The summed E-state index contributed by atoms with van der Waals surface area (Å²) in [5.41, 5.74) is 1.06. The van der Waals surface area contributed by atoms with Crippen molar-refractivity contribution in [2.45, 2.75) is 25.2 Å². The predicted molar refractivity (Wildman–Crippen MR) is 124 cm³/mol. The molecule has 0 radical (unpaired) electrons. The number of nitrogens with one attached hydrogen (secondary N) is 2. The highest BCUT2D eigenvalue weighted by Crippen LogP contribution is 2.26. The van der Waals surface area contributed by atoms with E-state index in [9.17, 15) is 14.0 Å². The van der Waals surface area contributed by atoms with Crippen LogP contribution in [0.4, 0.5) is 4.39 Å². The largest absolute Gasteiger partial charge is 0.348 e. The third-order valence-corrected chi connectivity index (χ3v) is 5.92. The molecule has 1 aliphatic heterocycles. The van der Waals surface area contributed by atoms with E-state index in [1.807, 2.05) is 12.1 Å². The normalized spacial score (nSPS) is 17.8. The zero-order valence-electron chi connectivity index (χ0n) is 17.8. The van der Waals surface area contributed by atoms with Crippen molar-refractivity contribution in [3.63, 3.8) is 0 Å². The van der Waals surface area contributed by atoms with Crippen LogP contribution < -0.4 is 11.2 Å². The molecule has 0 spiro atoms. The average molecular weight is 436 g/mol. The van der Waals surface area contributed by atoms with Crippen LogP contribution in [-0.2, 0) is 0 Å². The lowest BCUT2D eigenvalue weighted by atomic mass is 9.97. The number of hydrogen-bond donors (Lipinski definition) is 2. The molecule has 2 aromatic heterocycles. The number of pyridine rings is 1. The number of benzene rings is 1. The van der Waals surface area contributed by atoms with Crippen molar-refractivity contribution in [1.82, 2.24) is 24.6 Å². The number of fused-ring (bicyclic) bond motifs is 1. The molecule has 32 heavy (non-hydrogen) atoms. The third-order valence-electron chi connectivity index (χ3n) is 5.92. The second-order valence-corrected chi connectivity index (χ2v) is 7.96. The van der Waals surface area contributed by atoms with Crippen LogP contribution in [0.5, 0.6) is 0 Å². The molecule has 8 heteroatoms. The Morgan fingerprint density at radius 3 is 2.81 bits per heavy atom. The minimum absolute atomic E-state index is 0.0622. The first-order valence-electron chi connectivity index (χ1n) is 10.7. The van der Waals surface area contributed by atoms with E-state index in [1.165, 1.54) is 22.9 Å². The molecule has 3 aromatic rings. The summed E-state index contributed by atoms with van der Waals surface area (Å²) in [6, 6.07) is 8.63. The van der Waals surface area contributed by atoms with Crippen LogP contribution in [-0.4, -0.2) is 44.3 Å². The second-order valence-electron chi connectivity index (χ2n) is 7.96. The number of allylic oxidation sites excluding steroid dienone is 3. The van der Waals surface area contributed by atoms with Gasteiger partial charge in [0, 0.05) is 30.5 Å². The van der Waals surface area contributed by atoms with Gasteiger partial charge in [-0.2, -0.15) is 4.68 Å². The number of H-pyrrole nitrogens is 2. The first-order chi connectivity index (χ1) is 15.5. The number of hydrogen-bond acceptors (Lipinski definition) is 4. The molecule has 1 saturated heterocycles. The van der Waals surface area contributed by atoms with Crippen molar-refractivity contribution in [3.8, 4) is 5.69 Å². The molecule has 2 N–H and O–H groups in total. The quantitative estimate of drug-likeness (QED) is 0.556. The van der Waals surface area contributed by atoms with Crippen LogP contribution in [0.3, 0.4) is 0 Å². The van der Waals surface area contributed by atoms with Gasteiger partial charge < -0.3 is 9.88 Å². The van der Waals surface area contributed by atoms with E-state index in [0.29, 0.717) is 35.6 Å². The van der Waals surface area contributed by atoms with Crippen LogP contribution >= 0.6 is 0 Å². The van der Waals surface area contributed by atoms with Crippen molar-refractivity contribution in [1.29, 1.82) is 0 Å². The van der Waals surface area contributed by atoms with Crippen LogP contribution in [0.25, 0.3) is 16.6 Å². The summed E-state index contributed by atoms with van der Waals surface area (Å²) in [7, 11) is 0. The van der Waals surface area contributed by atoms with E-state index in [-0.39, 0.29) is 23.0 Å². The van der Waals surface area contributed by atoms with Gasteiger partial charge in [0.1, 0.15) is 11.7 Å². The van der Waals surface area contributed by atoms with E-state index in [0.717, 1.165) is 31.3 Å². The molecular formula is C24H26FN5O2. The Kier molecular flexibility index (Phi) is 6.32. The van der Waals surface area contributed by atoms with Crippen LogP contribution in [0.2, 0.25) is 0 Å². The molecular weight excluding hydrogens is 409 g/mol. The van der Waals surface area contributed by atoms with E-state index in [4.69, 9.17) is 0 Å². The molecule has 0 aliphatic carbocycles. The molecule has 1 fully saturated rings. The van der Waals surface area contributed by atoms with Gasteiger partial charge in [-0.1, -0.05) is 31.4 Å². The van der Waals surface area contributed by atoms with Crippen LogP contribution in [0.15, 0.2) is 76.6 Å². The number of aromatic nitrogens is 4. The molecule has 1 atom stereocenters. The summed E-state index contributed by atoms with van der Waals surface area (Å²) in [4.78, 5) is 32.5. The number of halogens is 1. The monoisotopic (exact) mass is 435 g/mol. The molecule has 0 saturated carbocycles. The minimum atomic E-state index is -0.348. The third kappa shape index (κ3) is 4.40. The summed E-state index contributed by atoms with van der Waals surface area (Å²) in [6.45, 7) is 9.48. The summed E-state index contributed by atoms with van der Waals surface area (Å²) in [5.74, 6) is 0.337. The number of para-hydroxylation sites is 1. The minimum Gasteiger partial charge on any atom is -0.320 e. The Morgan fingerprint density at radius 1 is 1.19 bits per heavy atom. The Bertz CT molecular complexity index is 1300. The molecule has 7 nitrogen and oxygen atoms in total. The molecule has 1 aliphatic rings. The van der Waals surface area contributed by atoms with Gasteiger partial charge in [0.05, 0.1) is 11.2 Å². The number of nitrogens with zero attached hydrogens (tertiary/aromatic N) is 3. The smallest absolute Gasteiger partial charge is 0.320 e. The second kappa shape index (κ2) is 9.32. The number of aromatic amines is 2. The van der Waals surface area contributed by atoms with Crippen LogP contribution in [0.1, 0.15) is 31.0 Å². The Morgan fingerprint density at radius 2 is 2.03 bits per heavy atom. The van der Waals surface area contributed by atoms with E-state index in [1.54, 1.807) is 12.1 Å². The van der Waals surface area contributed by atoms with Crippen LogP contribution in [0, 0.1) is 0 Å². The standard InChI is InChI=1S/C24H26FN5O2/c1-3-16(19(25)4-2)12-14-29-13-6-8-18(15-29)23-27-24(32)30(28-23)20-9-5-7-17-10-11-21(31)26-22(17)20/h3-5,7,9-11,18H,1-2,6,8,12-15H2,(H,26,31)(H,27,28,32)/b19-16-/t18-/m0/s1.